The number of nitrogens with zero attached hydrogens (tertiary/aromatic N) is 2. The van der Waals surface area contributed by atoms with Crippen LogP contribution in [0.3, 0.4) is 0 Å². The summed E-state index contributed by atoms with van der Waals surface area (Å²) in [6.07, 6.45) is 0. The van der Waals surface area contributed by atoms with Gasteiger partial charge in [0, 0.05) is 5.69 Å². The van der Waals surface area contributed by atoms with E-state index >= 15 is 0 Å². The quantitative estimate of drug-likeness (QED) is 0.867. The minimum Gasteiger partial charge on any atom is -0.340 e. The summed E-state index contributed by atoms with van der Waals surface area (Å²) < 4.78 is 0. The van der Waals surface area contributed by atoms with E-state index in [9.17, 15) is 0 Å². The normalized spacial score (nSPS) is 9.89. The van der Waals surface area contributed by atoms with Crippen molar-refractivity contribution in [3.63, 3.8) is 0 Å². The van der Waals surface area contributed by atoms with Crippen LogP contribution in [-0.4, -0.2) is 4.98 Å². The Bertz CT molecular complexity index is 601. The lowest BCUT2D eigenvalue weighted by Crippen LogP contribution is -1.99. The number of nitrogens with one attached hydrogen (secondary N) is 1. The SMILES string of the molecule is Cc1cc(C)c(Nc2cccc(C#N)n2)c(C)c1. The van der Waals surface area contributed by atoms with E-state index < -0.39 is 0 Å². The van der Waals surface area contributed by atoms with Gasteiger partial charge in [0.2, 0.25) is 0 Å². The smallest absolute Gasteiger partial charge is 0.142 e. The topological polar surface area (TPSA) is 48.7 Å². The van der Waals surface area contributed by atoms with E-state index in [-0.39, 0.29) is 0 Å². The molecule has 2 rings (SSSR count). The van der Waals surface area contributed by atoms with Gasteiger partial charge in [-0.25, -0.2) is 4.98 Å². The Hall–Kier alpha value is -2.34. The number of hydrogen-bond acceptors (Lipinski definition) is 3. The minimum absolute atomic E-state index is 0.419. The molecular formula is C15H15N3. The Kier molecular flexibility index (Phi) is 3.29. The fraction of sp³-hybridized carbons (Fsp3) is 0.200. The zero-order valence-electron chi connectivity index (χ0n) is 10.8. The number of anilines is 2. The molecule has 3 nitrogen and oxygen atoms in total. The van der Waals surface area contributed by atoms with Crippen molar-refractivity contribution >= 4 is 11.5 Å². The third-order valence-electron chi connectivity index (χ3n) is 2.79. The lowest BCUT2D eigenvalue weighted by atomic mass is 10.1. The number of nitriles is 1. The number of aryl methyl sites for hydroxylation is 3. The summed E-state index contributed by atoms with van der Waals surface area (Å²) >= 11 is 0. The second-order valence-electron chi connectivity index (χ2n) is 4.42. The van der Waals surface area contributed by atoms with Gasteiger partial charge in [0.1, 0.15) is 17.6 Å². The van der Waals surface area contributed by atoms with Crippen molar-refractivity contribution in [2.45, 2.75) is 20.8 Å². The van der Waals surface area contributed by atoms with E-state index in [4.69, 9.17) is 5.26 Å². The average Bonchev–Trinajstić information content (AvgIpc) is 2.34. The number of hydrogen-bond donors (Lipinski definition) is 1. The Morgan fingerprint density at radius 2 is 1.78 bits per heavy atom. The van der Waals surface area contributed by atoms with E-state index in [0.717, 1.165) is 5.69 Å². The van der Waals surface area contributed by atoms with E-state index in [2.05, 4.69) is 43.2 Å². The molecule has 0 fully saturated rings. The van der Waals surface area contributed by atoms with Crippen molar-refractivity contribution in [3.8, 4) is 6.07 Å². The van der Waals surface area contributed by atoms with Crippen molar-refractivity contribution in [1.29, 1.82) is 5.26 Å². The van der Waals surface area contributed by atoms with E-state index in [1.807, 2.05) is 18.2 Å². The van der Waals surface area contributed by atoms with Crippen LogP contribution < -0.4 is 5.32 Å². The molecule has 0 radical (unpaired) electrons. The standard InChI is InChI=1S/C15H15N3/c1-10-7-11(2)15(12(3)8-10)18-14-6-4-5-13(9-16)17-14/h4-8H,1-3H3,(H,17,18). The molecule has 0 unspecified atom stereocenters. The van der Waals surface area contributed by atoms with Crippen LogP contribution in [0.1, 0.15) is 22.4 Å². The lowest BCUT2D eigenvalue weighted by molar-refractivity contribution is 1.23. The highest BCUT2D eigenvalue weighted by Gasteiger charge is 2.05. The van der Waals surface area contributed by atoms with Crippen molar-refractivity contribution < 1.29 is 0 Å². The Balaban J connectivity index is 2.37. The second kappa shape index (κ2) is 4.89. The van der Waals surface area contributed by atoms with Crippen LogP contribution in [0.15, 0.2) is 30.3 Å². The molecular weight excluding hydrogens is 222 g/mol. The predicted octanol–water partition coefficient (Wildman–Crippen LogP) is 3.62. The van der Waals surface area contributed by atoms with Gasteiger partial charge >= 0.3 is 0 Å². The molecule has 0 atom stereocenters. The van der Waals surface area contributed by atoms with Crippen LogP contribution in [-0.2, 0) is 0 Å². The van der Waals surface area contributed by atoms with Gasteiger partial charge < -0.3 is 5.32 Å². The highest BCUT2D eigenvalue weighted by atomic mass is 15.0. The number of aromatic nitrogens is 1. The molecule has 1 heterocycles. The third-order valence-corrected chi connectivity index (χ3v) is 2.79. The molecule has 18 heavy (non-hydrogen) atoms. The summed E-state index contributed by atoms with van der Waals surface area (Å²) in [7, 11) is 0. The van der Waals surface area contributed by atoms with Gasteiger partial charge in [-0.1, -0.05) is 23.8 Å². The molecule has 3 heteroatoms. The predicted molar refractivity (Wildman–Crippen MR) is 72.9 cm³/mol. The molecule has 0 aliphatic carbocycles. The first kappa shape index (κ1) is 12.1. The molecule has 1 aromatic heterocycles. The first-order chi connectivity index (χ1) is 8.60. The summed E-state index contributed by atoms with van der Waals surface area (Å²) in [6, 6.07) is 11.7. The molecule has 1 N–H and O–H groups in total. The zero-order valence-corrected chi connectivity index (χ0v) is 10.8. The van der Waals surface area contributed by atoms with Gasteiger partial charge in [0.25, 0.3) is 0 Å². The first-order valence-corrected chi connectivity index (χ1v) is 5.82. The second-order valence-corrected chi connectivity index (χ2v) is 4.42. The molecule has 0 amide bonds. The van der Waals surface area contributed by atoms with Gasteiger partial charge in [0.15, 0.2) is 0 Å². The van der Waals surface area contributed by atoms with Gasteiger partial charge in [-0.2, -0.15) is 5.26 Å². The van der Waals surface area contributed by atoms with Crippen LogP contribution in [0.25, 0.3) is 0 Å². The minimum atomic E-state index is 0.419. The van der Waals surface area contributed by atoms with Crippen LogP contribution in [0.4, 0.5) is 11.5 Å². The monoisotopic (exact) mass is 237 g/mol. The molecule has 90 valence electrons. The van der Waals surface area contributed by atoms with Crippen LogP contribution in [0, 0.1) is 32.1 Å². The Morgan fingerprint density at radius 1 is 1.11 bits per heavy atom. The molecule has 0 aliphatic rings. The summed E-state index contributed by atoms with van der Waals surface area (Å²) in [5.74, 6) is 0.698. The Morgan fingerprint density at radius 3 is 2.39 bits per heavy atom. The van der Waals surface area contributed by atoms with Gasteiger partial charge in [-0.3, -0.25) is 0 Å². The molecule has 0 saturated carbocycles. The number of pyridine rings is 1. The summed E-state index contributed by atoms with van der Waals surface area (Å²) in [5.41, 5.74) is 5.08. The van der Waals surface area contributed by atoms with Crippen LogP contribution in [0.5, 0.6) is 0 Å². The molecule has 0 spiro atoms. The van der Waals surface area contributed by atoms with Gasteiger partial charge in [0.05, 0.1) is 0 Å². The van der Waals surface area contributed by atoms with Crippen molar-refractivity contribution in [1.82, 2.24) is 4.98 Å². The van der Waals surface area contributed by atoms with E-state index in [1.165, 1.54) is 16.7 Å². The van der Waals surface area contributed by atoms with Crippen molar-refractivity contribution in [2.24, 2.45) is 0 Å². The fourth-order valence-electron chi connectivity index (χ4n) is 2.07. The van der Waals surface area contributed by atoms with Gasteiger partial charge in [-0.05, 0) is 44.0 Å². The van der Waals surface area contributed by atoms with Crippen LogP contribution in [0.2, 0.25) is 0 Å². The van der Waals surface area contributed by atoms with E-state index in [0.29, 0.717) is 11.5 Å². The van der Waals surface area contributed by atoms with Crippen molar-refractivity contribution in [3.05, 3.63) is 52.7 Å². The molecule has 0 bridgehead atoms. The maximum Gasteiger partial charge on any atom is 0.142 e. The molecule has 1 aromatic carbocycles. The third kappa shape index (κ3) is 2.49. The lowest BCUT2D eigenvalue weighted by Gasteiger charge is -2.13. The maximum atomic E-state index is 8.83. The summed E-state index contributed by atoms with van der Waals surface area (Å²) in [6.45, 7) is 6.21. The van der Waals surface area contributed by atoms with Gasteiger partial charge in [-0.15, -0.1) is 0 Å². The molecule has 0 aliphatic heterocycles. The van der Waals surface area contributed by atoms with Crippen molar-refractivity contribution in [2.75, 3.05) is 5.32 Å². The fourth-order valence-corrected chi connectivity index (χ4v) is 2.07. The summed E-state index contributed by atoms with van der Waals surface area (Å²) in [4.78, 5) is 4.22. The number of rotatable bonds is 2. The highest BCUT2D eigenvalue weighted by molar-refractivity contribution is 5.65. The van der Waals surface area contributed by atoms with E-state index in [1.54, 1.807) is 6.07 Å². The Labute approximate surface area is 107 Å². The van der Waals surface area contributed by atoms with Crippen LogP contribution >= 0.6 is 0 Å². The first-order valence-electron chi connectivity index (χ1n) is 5.82. The molecule has 0 saturated heterocycles. The largest absolute Gasteiger partial charge is 0.340 e. The highest BCUT2D eigenvalue weighted by Crippen LogP contribution is 2.25. The maximum absolute atomic E-state index is 8.83. The zero-order chi connectivity index (χ0) is 13.1. The number of benzene rings is 1. The molecule has 2 aromatic rings. The summed E-state index contributed by atoms with van der Waals surface area (Å²) in [5, 5.41) is 12.1. The average molecular weight is 237 g/mol.